The van der Waals surface area contributed by atoms with Crippen LogP contribution in [-0.4, -0.2) is 40.7 Å². The van der Waals surface area contributed by atoms with E-state index in [2.05, 4.69) is 34.3 Å². The summed E-state index contributed by atoms with van der Waals surface area (Å²) in [5, 5.41) is 13.0. The zero-order valence-corrected chi connectivity index (χ0v) is 12.7. The minimum Gasteiger partial charge on any atom is -0.393 e. The zero-order chi connectivity index (χ0) is 14.4. The molecule has 1 saturated heterocycles. The van der Waals surface area contributed by atoms with Gasteiger partial charge in [0.05, 0.1) is 6.10 Å². The lowest BCUT2D eigenvalue weighted by atomic mass is 9.92. The molecule has 0 amide bonds. The van der Waals surface area contributed by atoms with E-state index in [0.717, 1.165) is 51.3 Å². The molecule has 2 heterocycles. The summed E-state index contributed by atoms with van der Waals surface area (Å²) in [6, 6.07) is 4.24. The van der Waals surface area contributed by atoms with E-state index in [9.17, 15) is 5.11 Å². The first-order chi connectivity index (χ1) is 9.69. The molecule has 1 atom stereocenters. The Hall–Kier alpha value is -1.13. The number of aliphatic hydroxyl groups excluding tert-OH is 1. The predicted molar refractivity (Wildman–Crippen MR) is 82.7 cm³/mol. The Morgan fingerprint density at radius 1 is 1.45 bits per heavy atom. The third-order valence-corrected chi connectivity index (χ3v) is 4.10. The lowest BCUT2D eigenvalue weighted by Crippen LogP contribution is -2.36. The van der Waals surface area contributed by atoms with E-state index >= 15 is 0 Å². The number of hydrogen-bond acceptors (Lipinski definition) is 4. The maximum Gasteiger partial charge on any atom is 0.126 e. The van der Waals surface area contributed by atoms with Crippen molar-refractivity contribution in [2.45, 2.75) is 45.8 Å². The Morgan fingerprint density at radius 2 is 2.20 bits per heavy atom. The van der Waals surface area contributed by atoms with Crippen molar-refractivity contribution < 1.29 is 5.11 Å². The van der Waals surface area contributed by atoms with Gasteiger partial charge in [-0.25, -0.2) is 4.98 Å². The second kappa shape index (κ2) is 7.60. The number of nitrogens with zero attached hydrogens (tertiary/aromatic N) is 2. The third-order valence-electron chi connectivity index (χ3n) is 4.10. The number of hydrogen-bond donors (Lipinski definition) is 2. The molecule has 2 N–H and O–H groups in total. The molecule has 0 bridgehead atoms. The highest BCUT2D eigenvalue weighted by molar-refractivity contribution is 5.37. The van der Waals surface area contributed by atoms with Crippen molar-refractivity contribution in [3.8, 4) is 0 Å². The van der Waals surface area contributed by atoms with Gasteiger partial charge in [0.25, 0.3) is 0 Å². The lowest BCUT2D eigenvalue weighted by molar-refractivity contribution is 0.0695. The summed E-state index contributed by atoms with van der Waals surface area (Å²) in [5.41, 5.74) is 1.31. The standard InChI is InChI=1S/C16H27N3O/c1-3-7-17-16-11-14(4-8-18-16)12-19-9-5-15(6-10-19)13(2)20/h4,8,11,13,15,20H,3,5-7,9-10,12H2,1-2H3,(H,17,18). The molecule has 112 valence electrons. The molecule has 4 heteroatoms. The number of nitrogens with one attached hydrogen (secondary N) is 1. The van der Waals surface area contributed by atoms with Gasteiger partial charge in [0.2, 0.25) is 0 Å². The minimum absolute atomic E-state index is 0.164. The fraction of sp³-hybridized carbons (Fsp3) is 0.688. The van der Waals surface area contributed by atoms with Gasteiger partial charge in [0.1, 0.15) is 5.82 Å². The van der Waals surface area contributed by atoms with Gasteiger partial charge < -0.3 is 10.4 Å². The van der Waals surface area contributed by atoms with Crippen LogP contribution in [0.3, 0.4) is 0 Å². The second-order valence-corrected chi connectivity index (χ2v) is 5.83. The van der Waals surface area contributed by atoms with Crippen LogP contribution in [0.1, 0.15) is 38.7 Å². The number of aromatic nitrogens is 1. The van der Waals surface area contributed by atoms with Crippen LogP contribution in [0.25, 0.3) is 0 Å². The van der Waals surface area contributed by atoms with Crippen LogP contribution in [0.15, 0.2) is 18.3 Å². The quantitative estimate of drug-likeness (QED) is 0.839. The smallest absolute Gasteiger partial charge is 0.126 e. The third kappa shape index (κ3) is 4.46. The first kappa shape index (κ1) is 15.3. The van der Waals surface area contributed by atoms with Gasteiger partial charge in [-0.1, -0.05) is 6.92 Å². The van der Waals surface area contributed by atoms with Crippen LogP contribution in [-0.2, 0) is 6.54 Å². The molecule has 0 aliphatic carbocycles. The molecule has 1 aromatic heterocycles. The number of anilines is 1. The normalized spacial score (nSPS) is 18.9. The molecule has 0 spiro atoms. The Kier molecular flexibility index (Phi) is 5.80. The average Bonchev–Trinajstić information content (AvgIpc) is 2.46. The number of piperidine rings is 1. The molecule has 0 aromatic carbocycles. The Bertz CT molecular complexity index is 400. The molecule has 1 fully saturated rings. The van der Waals surface area contributed by atoms with E-state index in [1.54, 1.807) is 0 Å². The van der Waals surface area contributed by atoms with Gasteiger partial charge in [-0.15, -0.1) is 0 Å². The van der Waals surface area contributed by atoms with Crippen molar-refractivity contribution in [3.63, 3.8) is 0 Å². The first-order valence-electron chi connectivity index (χ1n) is 7.78. The second-order valence-electron chi connectivity index (χ2n) is 5.83. The number of likely N-dealkylation sites (tertiary alicyclic amines) is 1. The van der Waals surface area contributed by atoms with Crippen molar-refractivity contribution in [2.75, 3.05) is 25.0 Å². The van der Waals surface area contributed by atoms with Crippen molar-refractivity contribution in [1.29, 1.82) is 0 Å². The predicted octanol–water partition coefficient (Wildman–Crippen LogP) is 2.50. The molecule has 2 rings (SSSR count). The van der Waals surface area contributed by atoms with Crippen molar-refractivity contribution in [1.82, 2.24) is 9.88 Å². The average molecular weight is 277 g/mol. The summed E-state index contributed by atoms with van der Waals surface area (Å²) in [6.45, 7) is 8.18. The molecule has 1 aromatic rings. The van der Waals surface area contributed by atoms with E-state index < -0.39 is 0 Å². The van der Waals surface area contributed by atoms with Crippen LogP contribution in [0.5, 0.6) is 0 Å². The van der Waals surface area contributed by atoms with Gasteiger partial charge in [-0.3, -0.25) is 4.90 Å². The summed E-state index contributed by atoms with van der Waals surface area (Å²) >= 11 is 0. The molecule has 0 saturated carbocycles. The molecule has 1 aliphatic rings. The maximum absolute atomic E-state index is 9.64. The lowest BCUT2D eigenvalue weighted by Gasteiger charge is -2.33. The van der Waals surface area contributed by atoms with Crippen LogP contribution in [0.4, 0.5) is 5.82 Å². The Labute approximate surface area is 122 Å². The SMILES string of the molecule is CCCNc1cc(CN2CCC(C(C)O)CC2)ccn1. The summed E-state index contributed by atoms with van der Waals surface area (Å²) in [6.07, 6.45) is 5.03. The molecule has 20 heavy (non-hydrogen) atoms. The summed E-state index contributed by atoms with van der Waals surface area (Å²) in [5.74, 6) is 1.45. The van der Waals surface area contributed by atoms with Crippen LogP contribution in [0.2, 0.25) is 0 Å². The van der Waals surface area contributed by atoms with E-state index in [4.69, 9.17) is 0 Å². The summed E-state index contributed by atoms with van der Waals surface area (Å²) in [7, 11) is 0. The monoisotopic (exact) mass is 277 g/mol. The fourth-order valence-corrected chi connectivity index (χ4v) is 2.77. The fourth-order valence-electron chi connectivity index (χ4n) is 2.77. The van der Waals surface area contributed by atoms with Gasteiger partial charge in [0.15, 0.2) is 0 Å². The van der Waals surface area contributed by atoms with Gasteiger partial charge in [-0.2, -0.15) is 0 Å². The first-order valence-corrected chi connectivity index (χ1v) is 7.78. The van der Waals surface area contributed by atoms with Crippen molar-refractivity contribution in [3.05, 3.63) is 23.9 Å². The molecular weight excluding hydrogens is 250 g/mol. The van der Waals surface area contributed by atoms with Crippen LogP contribution in [0, 0.1) is 5.92 Å². The van der Waals surface area contributed by atoms with Crippen LogP contribution < -0.4 is 5.32 Å². The molecule has 4 nitrogen and oxygen atoms in total. The highest BCUT2D eigenvalue weighted by Crippen LogP contribution is 2.22. The Balaban J connectivity index is 1.84. The van der Waals surface area contributed by atoms with Crippen LogP contribution >= 0.6 is 0 Å². The molecule has 1 aliphatic heterocycles. The number of pyridine rings is 1. The van der Waals surface area contributed by atoms with E-state index in [0.29, 0.717) is 5.92 Å². The molecular formula is C16H27N3O. The van der Waals surface area contributed by atoms with Gasteiger partial charge >= 0.3 is 0 Å². The maximum atomic E-state index is 9.64. The minimum atomic E-state index is -0.164. The molecule has 1 unspecified atom stereocenters. The van der Waals surface area contributed by atoms with E-state index in [1.165, 1.54) is 5.56 Å². The summed E-state index contributed by atoms with van der Waals surface area (Å²) < 4.78 is 0. The highest BCUT2D eigenvalue weighted by atomic mass is 16.3. The van der Waals surface area contributed by atoms with E-state index in [1.807, 2.05) is 13.1 Å². The van der Waals surface area contributed by atoms with E-state index in [-0.39, 0.29) is 6.10 Å². The van der Waals surface area contributed by atoms with Crippen molar-refractivity contribution in [2.24, 2.45) is 5.92 Å². The Morgan fingerprint density at radius 3 is 2.85 bits per heavy atom. The van der Waals surface area contributed by atoms with Gasteiger partial charge in [-0.05, 0) is 62.9 Å². The van der Waals surface area contributed by atoms with Crippen molar-refractivity contribution >= 4 is 5.82 Å². The zero-order valence-electron chi connectivity index (χ0n) is 12.7. The van der Waals surface area contributed by atoms with Gasteiger partial charge in [0, 0.05) is 19.3 Å². The highest BCUT2D eigenvalue weighted by Gasteiger charge is 2.22. The number of aliphatic hydroxyl groups is 1. The molecule has 0 radical (unpaired) electrons. The summed E-state index contributed by atoms with van der Waals surface area (Å²) in [4.78, 5) is 6.81. The largest absolute Gasteiger partial charge is 0.393 e. The topological polar surface area (TPSA) is 48.4 Å². The number of rotatable bonds is 6.